The lowest BCUT2D eigenvalue weighted by molar-refractivity contribution is -0.116. The first kappa shape index (κ1) is 17.6. The van der Waals surface area contributed by atoms with Crippen molar-refractivity contribution in [2.75, 3.05) is 17.2 Å². The molecule has 126 valence electrons. The molecule has 0 atom stereocenters. The van der Waals surface area contributed by atoms with E-state index in [4.69, 9.17) is 0 Å². The predicted octanol–water partition coefficient (Wildman–Crippen LogP) is 2.60. The van der Waals surface area contributed by atoms with E-state index in [9.17, 15) is 18.8 Å². The van der Waals surface area contributed by atoms with E-state index in [1.54, 1.807) is 16.8 Å². The van der Waals surface area contributed by atoms with Crippen LogP contribution in [0.5, 0.6) is 0 Å². The quantitative estimate of drug-likeness (QED) is 0.749. The van der Waals surface area contributed by atoms with Gasteiger partial charge < -0.3 is 16.0 Å². The van der Waals surface area contributed by atoms with E-state index < -0.39 is 11.7 Å². The molecule has 0 saturated carbocycles. The lowest BCUT2D eigenvalue weighted by Crippen LogP contribution is -2.27. The fraction of sp³-hybridized carbons (Fsp3) is 0.188. The van der Waals surface area contributed by atoms with Gasteiger partial charge in [-0.15, -0.1) is 0 Å². The highest BCUT2D eigenvalue weighted by Crippen LogP contribution is 2.19. The third kappa shape index (κ3) is 5.17. The average Bonchev–Trinajstić information content (AvgIpc) is 3.04. The van der Waals surface area contributed by atoms with Gasteiger partial charge in [0.25, 0.3) is 5.91 Å². The standard InChI is InChI=1S/C16H16FN3O3S/c1-10(21)19-12-2-3-13(17)14(8-12)20-15(22)4-6-18-16(23)11-5-7-24-9-11/h2-3,5,7-9H,4,6H2,1H3,(H,18,23)(H,19,21)(H,20,22). The van der Waals surface area contributed by atoms with Crippen molar-refractivity contribution in [2.45, 2.75) is 13.3 Å². The second-order valence-corrected chi connectivity index (χ2v) is 5.72. The molecule has 1 aromatic carbocycles. The van der Waals surface area contributed by atoms with Crippen LogP contribution in [0.2, 0.25) is 0 Å². The summed E-state index contributed by atoms with van der Waals surface area (Å²) < 4.78 is 13.7. The second kappa shape index (κ2) is 8.21. The van der Waals surface area contributed by atoms with Crippen molar-refractivity contribution in [3.63, 3.8) is 0 Å². The van der Waals surface area contributed by atoms with Gasteiger partial charge in [-0.1, -0.05) is 0 Å². The van der Waals surface area contributed by atoms with Gasteiger partial charge in [-0.25, -0.2) is 4.39 Å². The van der Waals surface area contributed by atoms with Crippen LogP contribution in [0.4, 0.5) is 15.8 Å². The highest BCUT2D eigenvalue weighted by Gasteiger charge is 2.10. The van der Waals surface area contributed by atoms with Crippen LogP contribution < -0.4 is 16.0 Å². The molecule has 8 heteroatoms. The molecule has 0 radical (unpaired) electrons. The summed E-state index contributed by atoms with van der Waals surface area (Å²) in [4.78, 5) is 34.6. The van der Waals surface area contributed by atoms with Gasteiger partial charge in [0.15, 0.2) is 0 Å². The number of hydrogen-bond acceptors (Lipinski definition) is 4. The molecular formula is C16H16FN3O3S. The van der Waals surface area contributed by atoms with Crippen molar-refractivity contribution in [2.24, 2.45) is 0 Å². The molecule has 0 aliphatic heterocycles. The molecule has 2 rings (SSSR count). The number of rotatable bonds is 6. The van der Waals surface area contributed by atoms with Gasteiger partial charge in [-0.2, -0.15) is 11.3 Å². The number of thiophene rings is 1. The van der Waals surface area contributed by atoms with Gasteiger partial charge in [0.05, 0.1) is 5.69 Å². The number of halogens is 1. The van der Waals surface area contributed by atoms with Crippen LogP contribution >= 0.6 is 11.3 Å². The summed E-state index contributed by atoms with van der Waals surface area (Å²) >= 11 is 1.40. The summed E-state index contributed by atoms with van der Waals surface area (Å²) in [7, 11) is 0. The largest absolute Gasteiger partial charge is 0.351 e. The van der Waals surface area contributed by atoms with E-state index in [0.717, 1.165) is 6.07 Å². The second-order valence-electron chi connectivity index (χ2n) is 4.94. The fourth-order valence-electron chi connectivity index (χ4n) is 1.90. The molecule has 0 fully saturated rings. The number of hydrogen-bond donors (Lipinski definition) is 3. The molecule has 3 amide bonds. The zero-order chi connectivity index (χ0) is 17.5. The monoisotopic (exact) mass is 349 g/mol. The Morgan fingerprint density at radius 1 is 1.17 bits per heavy atom. The molecule has 3 N–H and O–H groups in total. The predicted molar refractivity (Wildman–Crippen MR) is 90.6 cm³/mol. The lowest BCUT2D eigenvalue weighted by atomic mass is 10.2. The molecule has 1 aromatic heterocycles. The maximum absolute atomic E-state index is 13.7. The summed E-state index contributed by atoms with van der Waals surface area (Å²) in [5.74, 6) is -1.61. The SMILES string of the molecule is CC(=O)Nc1ccc(F)c(NC(=O)CCNC(=O)c2ccsc2)c1. The van der Waals surface area contributed by atoms with Crippen molar-refractivity contribution in [3.8, 4) is 0 Å². The Morgan fingerprint density at radius 2 is 1.96 bits per heavy atom. The molecule has 0 saturated heterocycles. The van der Waals surface area contributed by atoms with Crippen LogP contribution in [0.25, 0.3) is 0 Å². The fourth-order valence-corrected chi connectivity index (χ4v) is 2.54. The van der Waals surface area contributed by atoms with Crippen LogP contribution in [0.15, 0.2) is 35.0 Å². The van der Waals surface area contributed by atoms with Gasteiger partial charge in [0, 0.05) is 36.5 Å². The summed E-state index contributed by atoms with van der Waals surface area (Å²) in [6.45, 7) is 1.46. The highest BCUT2D eigenvalue weighted by molar-refractivity contribution is 7.08. The molecule has 0 aliphatic rings. The van der Waals surface area contributed by atoms with E-state index in [2.05, 4.69) is 16.0 Å². The first-order chi connectivity index (χ1) is 11.5. The van der Waals surface area contributed by atoms with E-state index >= 15 is 0 Å². The summed E-state index contributed by atoms with van der Waals surface area (Å²) in [6, 6.07) is 5.56. The molecular weight excluding hydrogens is 333 g/mol. The maximum Gasteiger partial charge on any atom is 0.252 e. The summed E-state index contributed by atoms with van der Waals surface area (Å²) in [5.41, 5.74) is 0.884. The Hall–Kier alpha value is -2.74. The number of amides is 3. The molecule has 2 aromatic rings. The molecule has 0 bridgehead atoms. The Morgan fingerprint density at radius 3 is 2.62 bits per heavy atom. The highest BCUT2D eigenvalue weighted by atomic mass is 32.1. The minimum Gasteiger partial charge on any atom is -0.351 e. The first-order valence-electron chi connectivity index (χ1n) is 7.13. The third-order valence-electron chi connectivity index (χ3n) is 2.98. The summed E-state index contributed by atoms with van der Waals surface area (Å²) in [5, 5.41) is 11.0. The Labute approximate surface area is 142 Å². The molecule has 6 nitrogen and oxygen atoms in total. The lowest BCUT2D eigenvalue weighted by Gasteiger charge is -2.09. The first-order valence-corrected chi connectivity index (χ1v) is 8.07. The Kier molecular flexibility index (Phi) is 6.02. The zero-order valence-corrected chi connectivity index (χ0v) is 13.7. The third-order valence-corrected chi connectivity index (χ3v) is 3.67. The van der Waals surface area contributed by atoms with Crippen LogP contribution in [0.1, 0.15) is 23.7 Å². The maximum atomic E-state index is 13.7. The van der Waals surface area contributed by atoms with E-state index in [-0.39, 0.29) is 30.5 Å². The van der Waals surface area contributed by atoms with E-state index in [1.165, 1.54) is 30.4 Å². The van der Waals surface area contributed by atoms with E-state index in [0.29, 0.717) is 11.3 Å². The summed E-state index contributed by atoms with van der Waals surface area (Å²) in [6.07, 6.45) is -0.000316. The topological polar surface area (TPSA) is 87.3 Å². The number of carbonyl (C=O) groups is 3. The van der Waals surface area contributed by atoms with Crippen molar-refractivity contribution in [3.05, 3.63) is 46.4 Å². The van der Waals surface area contributed by atoms with Crippen LogP contribution in [0.3, 0.4) is 0 Å². The zero-order valence-electron chi connectivity index (χ0n) is 12.9. The number of carbonyl (C=O) groups excluding carboxylic acids is 3. The van der Waals surface area contributed by atoms with Gasteiger partial charge in [-0.3, -0.25) is 14.4 Å². The van der Waals surface area contributed by atoms with Crippen molar-refractivity contribution in [1.29, 1.82) is 0 Å². The Bertz CT molecular complexity index is 747. The number of nitrogens with one attached hydrogen (secondary N) is 3. The molecule has 0 unspecified atom stereocenters. The smallest absolute Gasteiger partial charge is 0.252 e. The molecule has 0 aliphatic carbocycles. The van der Waals surface area contributed by atoms with Crippen molar-refractivity contribution >= 4 is 40.4 Å². The van der Waals surface area contributed by atoms with Gasteiger partial charge >= 0.3 is 0 Å². The molecule has 0 spiro atoms. The number of anilines is 2. The van der Waals surface area contributed by atoms with Crippen molar-refractivity contribution in [1.82, 2.24) is 5.32 Å². The van der Waals surface area contributed by atoms with Crippen LogP contribution in [0, 0.1) is 5.82 Å². The van der Waals surface area contributed by atoms with Crippen LogP contribution in [-0.2, 0) is 9.59 Å². The van der Waals surface area contributed by atoms with E-state index in [1.807, 2.05) is 0 Å². The molecule has 24 heavy (non-hydrogen) atoms. The molecule has 1 heterocycles. The van der Waals surface area contributed by atoms with Crippen LogP contribution in [-0.4, -0.2) is 24.3 Å². The number of benzene rings is 1. The van der Waals surface area contributed by atoms with Gasteiger partial charge in [0.1, 0.15) is 5.82 Å². The van der Waals surface area contributed by atoms with Crippen molar-refractivity contribution < 1.29 is 18.8 Å². The minimum absolute atomic E-state index is 0.000316. The Balaban J connectivity index is 1.85. The normalized spacial score (nSPS) is 10.1. The van der Waals surface area contributed by atoms with Gasteiger partial charge in [0.2, 0.25) is 11.8 Å². The average molecular weight is 349 g/mol. The minimum atomic E-state index is -0.611. The van der Waals surface area contributed by atoms with Gasteiger partial charge in [-0.05, 0) is 29.6 Å².